The van der Waals surface area contributed by atoms with E-state index in [0.717, 1.165) is 5.56 Å². The second kappa shape index (κ2) is 6.56. The molecule has 0 amide bonds. The van der Waals surface area contributed by atoms with Gasteiger partial charge in [-0.2, -0.15) is 13.2 Å². The highest BCUT2D eigenvalue weighted by Crippen LogP contribution is 2.14. The smallest absolute Gasteiger partial charge is 0.370 e. The maximum atomic E-state index is 11.9. The number of nitrogens with one attached hydrogen (secondary N) is 1. The quantitative estimate of drug-likeness (QED) is 0.833. The second-order valence-corrected chi connectivity index (χ2v) is 3.68. The molecule has 17 heavy (non-hydrogen) atoms. The summed E-state index contributed by atoms with van der Waals surface area (Å²) in [6.07, 6.45) is -0.346. The fraction of sp³-hybridized carbons (Fsp3) is 0.545. The first-order chi connectivity index (χ1) is 8.01. The normalized spacial score (nSPS) is 13.6. The highest BCUT2D eigenvalue weighted by atomic mass is 19.4. The van der Waals surface area contributed by atoms with Crippen LogP contribution in [0.5, 0.6) is 0 Å². The summed E-state index contributed by atoms with van der Waals surface area (Å²) in [5.74, 6) is 0. The van der Waals surface area contributed by atoms with E-state index in [1.807, 2.05) is 6.07 Å². The van der Waals surface area contributed by atoms with Crippen molar-refractivity contribution >= 4 is 0 Å². The Bertz CT molecular complexity index is 316. The van der Waals surface area contributed by atoms with Crippen LogP contribution in [0.4, 0.5) is 13.2 Å². The van der Waals surface area contributed by atoms with Gasteiger partial charge in [-0.25, -0.2) is 0 Å². The SMILES string of the molecule is CNC(COCC(F)(F)F)Cc1cccnc1. The molecular weight excluding hydrogens is 233 g/mol. The maximum absolute atomic E-state index is 11.9. The lowest BCUT2D eigenvalue weighted by atomic mass is 10.1. The molecule has 0 aliphatic carbocycles. The molecule has 0 bridgehead atoms. The van der Waals surface area contributed by atoms with Crippen LogP contribution in [-0.2, 0) is 11.2 Å². The Labute approximate surface area is 98.0 Å². The standard InChI is InChI=1S/C11H15F3N2O/c1-15-10(7-17-8-11(12,13)14)5-9-3-2-4-16-6-9/h2-4,6,10,15H,5,7-8H2,1H3. The average Bonchev–Trinajstić information content (AvgIpc) is 2.27. The number of ether oxygens (including phenoxy) is 1. The third kappa shape index (κ3) is 6.23. The molecule has 3 nitrogen and oxygen atoms in total. The summed E-state index contributed by atoms with van der Waals surface area (Å²) in [5.41, 5.74) is 0.961. The fourth-order valence-electron chi connectivity index (χ4n) is 1.36. The molecule has 96 valence electrons. The molecule has 6 heteroatoms. The molecule has 0 radical (unpaired) electrons. The van der Waals surface area contributed by atoms with Gasteiger partial charge < -0.3 is 10.1 Å². The number of hydrogen-bond acceptors (Lipinski definition) is 3. The lowest BCUT2D eigenvalue weighted by Crippen LogP contribution is -2.34. The van der Waals surface area contributed by atoms with Gasteiger partial charge in [-0.05, 0) is 25.1 Å². The number of pyridine rings is 1. The molecule has 1 unspecified atom stereocenters. The van der Waals surface area contributed by atoms with Crippen LogP contribution in [0.25, 0.3) is 0 Å². The predicted molar refractivity (Wildman–Crippen MR) is 57.7 cm³/mol. The molecule has 1 atom stereocenters. The number of nitrogens with zero attached hydrogens (tertiary/aromatic N) is 1. The van der Waals surface area contributed by atoms with Gasteiger partial charge in [-0.15, -0.1) is 0 Å². The van der Waals surface area contributed by atoms with E-state index in [9.17, 15) is 13.2 Å². The van der Waals surface area contributed by atoms with Crippen LogP contribution in [0, 0.1) is 0 Å². The van der Waals surface area contributed by atoms with E-state index in [4.69, 9.17) is 0 Å². The van der Waals surface area contributed by atoms with E-state index in [-0.39, 0.29) is 12.6 Å². The summed E-state index contributed by atoms with van der Waals surface area (Å²) < 4.78 is 40.3. The molecule has 0 aliphatic heterocycles. The summed E-state index contributed by atoms with van der Waals surface area (Å²) in [5, 5.41) is 2.92. The minimum atomic E-state index is -4.27. The number of rotatable bonds is 6. The van der Waals surface area contributed by atoms with Crippen molar-refractivity contribution in [2.45, 2.75) is 18.6 Å². The second-order valence-electron chi connectivity index (χ2n) is 3.68. The zero-order valence-corrected chi connectivity index (χ0v) is 9.50. The third-order valence-corrected chi connectivity index (χ3v) is 2.20. The minimum absolute atomic E-state index is 0.0188. The molecule has 1 rings (SSSR count). The zero-order chi connectivity index (χ0) is 12.7. The summed E-state index contributed by atoms with van der Waals surface area (Å²) >= 11 is 0. The Morgan fingerprint density at radius 1 is 1.47 bits per heavy atom. The Hall–Kier alpha value is -1.14. The van der Waals surface area contributed by atoms with Crippen molar-refractivity contribution in [3.8, 4) is 0 Å². The van der Waals surface area contributed by atoms with Crippen LogP contribution in [-0.4, -0.2) is 37.5 Å². The van der Waals surface area contributed by atoms with E-state index in [2.05, 4.69) is 15.0 Å². The van der Waals surface area contributed by atoms with Gasteiger partial charge in [0.25, 0.3) is 0 Å². The molecule has 0 saturated heterocycles. The van der Waals surface area contributed by atoms with Crippen LogP contribution >= 0.6 is 0 Å². The van der Waals surface area contributed by atoms with Crippen LogP contribution in [0.2, 0.25) is 0 Å². The van der Waals surface area contributed by atoms with E-state index >= 15 is 0 Å². The first kappa shape index (κ1) is 13.9. The average molecular weight is 248 g/mol. The van der Waals surface area contributed by atoms with Crippen molar-refractivity contribution in [3.63, 3.8) is 0 Å². The Morgan fingerprint density at radius 3 is 2.76 bits per heavy atom. The number of alkyl halides is 3. The third-order valence-electron chi connectivity index (χ3n) is 2.20. The van der Waals surface area contributed by atoms with Crippen molar-refractivity contribution < 1.29 is 17.9 Å². The van der Waals surface area contributed by atoms with Gasteiger partial charge in [0.1, 0.15) is 6.61 Å². The van der Waals surface area contributed by atoms with Gasteiger partial charge in [0, 0.05) is 18.4 Å². The number of halogens is 3. The predicted octanol–water partition coefficient (Wildman–Crippen LogP) is 1.79. The van der Waals surface area contributed by atoms with Crippen LogP contribution in [0.3, 0.4) is 0 Å². The van der Waals surface area contributed by atoms with Gasteiger partial charge in [0.15, 0.2) is 0 Å². The molecule has 0 saturated carbocycles. The molecule has 1 aromatic heterocycles. The highest BCUT2D eigenvalue weighted by Gasteiger charge is 2.27. The first-order valence-corrected chi connectivity index (χ1v) is 5.22. The Morgan fingerprint density at radius 2 is 2.24 bits per heavy atom. The van der Waals surface area contributed by atoms with Crippen LogP contribution < -0.4 is 5.32 Å². The van der Waals surface area contributed by atoms with Crippen molar-refractivity contribution in [2.75, 3.05) is 20.3 Å². The first-order valence-electron chi connectivity index (χ1n) is 5.22. The Kier molecular flexibility index (Phi) is 5.37. The van der Waals surface area contributed by atoms with Gasteiger partial charge >= 0.3 is 6.18 Å². The molecule has 1 N–H and O–H groups in total. The van der Waals surface area contributed by atoms with Gasteiger partial charge in [0.05, 0.1) is 6.61 Å². The molecular formula is C11H15F3N2O. The van der Waals surface area contributed by atoms with Gasteiger partial charge in [-0.3, -0.25) is 4.98 Å². The summed E-state index contributed by atoms with van der Waals surface area (Å²) in [6.45, 7) is -1.19. The monoisotopic (exact) mass is 248 g/mol. The minimum Gasteiger partial charge on any atom is -0.370 e. The highest BCUT2D eigenvalue weighted by molar-refractivity contribution is 5.10. The lowest BCUT2D eigenvalue weighted by molar-refractivity contribution is -0.175. The fourth-order valence-corrected chi connectivity index (χ4v) is 1.36. The summed E-state index contributed by atoms with van der Waals surface area (Å²) in [6, 6.07) is 3.52. The van der Waals surface area contributed by atoms with Crippen LogP contribution in [0.15, 0.2) is 24.5 Å². The Balaban J connectivity index is 2.34. The molecule has 1 aromatic rings. The molecule has 0 spiro atoms. The number of aromatic nitrogens is 1. The van der Waals surface area contributed by atoms with E-state index in [1.165, 1.54) is 0 Å². The molecule has 1 heterocycles. The molecule has 0 fully saturated rings. The van der Waals surface area contributed by atoms with Crippen LogP contribution in [0.1, 0.15) is 5.56 Å². The number of likely N-dealkylation sites (N-methyl/N-ethyl adjacent to an activating group) is 1. The van der Waals surface area contributed by atoms with Crippen molar-refractivity contribution in [1.29, 1.82) is 0 Å². The van der Waals surface area contributed by atoms with Gasteiger partial charge in [-0.1, -0.05) is 6.07 Å². The maximum Gasteiger partial charge on any atom is 0.411 e. The van der Waals surface area contributed by atoms with Crippen molar-refractivity contribution in [1.82, 2.24) is 10.3 Å². The lowest BCUT2D eigenvalue weighted by Gasteiger charge is -2.17. The summed E-state index contributed by atoms with van der Waals surface area (Å²) in [7, 11) is 1.69. The van der Waals surface area contributed by atoms with E-state index in [0.29, 0.717) is 6.42 Å². The molecule has 0 aliphatic rings. The topological polar surface area (TPSA) is 34.1 Å². The van der Waals surface area contributed by atoms with E-state index < -0.39 is 12.8 Å². The largest absolute Gasteiger partial charge is 0.411 e. The van der Waals surface area contributed by atoms with E-state index in [1.54, 1.807) is 25.5 Å². The van der Waals surface area contributed by atoms with Crippen molar-refractivity contribution in [3.05, 3.63) is 30.1 Å². The zero-order valence-electron chi connectivity index (χ0n) is 9.50. The van der Waals surface area contributed by atoms with Crippen molar-refractivity contribution in [2.24, 2.45) is 0 Å². The molecule has 0 aromatic carbocycles. The van der Waals surface area contributed by atoms with Gasteiger partial charge in [0.2, 0.25) is 0 Å². The number of hydrogen-bond donors (Lipinski definition) is 1. The summed E-state index contributed by atoms with van der Waals surface area (Å²) in [4.78, 5) is 3.94.